The Hall–Kier alpha value is -0.746. The van der Waals surface area contributed by atoms with E-state index in [0.29, 0.717) is 0 Å². The van der Waals surface area contributed by atoms with Crippen LogP contribution in [0, 0.1) is 0 Å². The van der Waals surface area contributed by atoms with E-state index in [2.05, 4.69) is 92.9 Å². The zero-order valence-corrected chi connectivity index (χ0v) is 19.8. The summed E-state index contributed by atoms with van der Waals surface area (Å²) in [6, 6.07) is 6.46. The molecule has 24 heavy (non-hydrogen) atoms. The van der Waals surface area contributed by atoms with E-state index < -0.39 is 16.6 Å². The molecule has 4 heteroatoms. The van der Waals surface area contributed by atoms with Gasteiger partial charge in [0.05, 0.1) is 0 Å². The van der Waals surface area contributed by atoms with E-state index in [0.717, 1.165) is 17.9 Å². The summed E-state index contributed by atoms with van der Waals surface area (Å²) < 4.78 is 13.0. The van der Waals surface area contributed by atoms with Gasteiger partial charge in [0, 0.05) is 6.07 Å². The Labute approximate surface area is 152 Å². The summed E-state index contributed by atoms with van der Waals surface area (Å²) in [7, 11) is -3.69. The topological polar surface area (TPSA) is 18.5 Å². The Morgan fingerprint density at radius 2 is 1.04 bits per heavy atom. The molecule has 0 N–H and O–H groups in total. The first-order valence-electron chi connectivity index (χ1n) is 9.11. The van der Waals surface area contributed by atoms with Gasteiger partial charge in [0.1, 0.15) is 11.5 Å². The number of rotatable bonds is 5. The molecule has 1 aromatic rings. The lowest BCUT2D eigenvalue weighted by atomic mass is 10.1. The molecule has 138 valence electrons. The Morgan fingerprint density at radius 3 is 1.29 bits per heavy atom. The van der Waals surface area contributed by atoms with Gasteiger partial charge >= 0.3 is 0 Å². The van der Waals surface area contributed by atoms with E-state index in [1.54, 1.807) is 0 Å². The molecule has 2 nitrogen and oxygen atoms in total. The van der Waals surface area contributed by atoms with Crippen LogP contribution in [0.15, 0.2) is 18.2 Å². The number of hydrogen-bond acceptors (Lipinski definition) is 2. The van der Waals surface area contributed by atoms with Crippen LogP contribution in [0.4, 0.5) is 0 Å². The molecule has 0 saturated heterocycles. The summed E-state index contributed by atoms with van der Waals surface area (Å²) in [6.07, 6.45) is 0.989. The lowest BCUT2D eigenvalue weighted by Gasteiger charge is -2.38. The molecule has 0 aliphatic heterocycles. The van der Waals surface area contributed by atoms with Crippen LogP contribution in [-0.2, 0) is 6.42 Å². The average Bonchev–Trinajstić information content (AvgIpc) is 2.34. The first kappa shape index (κ1) is 21.3. The lowest BCUT2D eigenvalue weighted by molar-refractivity contribution is 0.473. The molecule has 0 spiro atoms. The third kappa shape index (κ3) is 5.12. The second-order valence-corrected chi connectivity index (χ2v) is 19.3. The SMILES string of the molecule is CCc1cc(O[Si](C)(C)C(C)(C)C)cc(O[Si](C)(C)C(C)(C)C)c1. The van der Waals surface area contributed by atoms with Crippen molar-refractivity contribution in [3.8, 4) is 11.5 Å². The first-order valence-corrected chi connectivity index (χ1v) is 14.9. The molecular weight excluding hydrogens is 328 g/mol. The molecule has 0 atom stereocenters. The average molecular weight is 367 g/mol. The van der Waals surface area contributed by atoms with Gasteiger partial charge in [-0.15, -0.1) is 0 Å². The van der Waals surface area contributed by atoms with Crippen LogP contribution >= 0.6 is 0 Å². The summed E-state index contributed by atoms with van der Waals surface area (Å²) in [5.41, 5.74) is 1.28. The van der Waals surface area contributed by atoms with Gasteiger partial charge in [0.2, 0.25) is 16.6 Å². The smallest absolute Gasteiger partial charge is 0.250 e. The van der Waals surface area contributed by atoms with Crippen molar-refractivity contribution in [2.45, 2.75) is 91.2 Å². The normalized spacial score (nSPS) is 13.8. The highest BCUT2D eigenvalue weighted by Gasteiger charge is 2.40. The Bertz CT molecular complexity index is 518. The van der Waals surface area contributed by atoms with Gasteiger partial charge in [-0.05, 0) is 60.4 Å². The summed E-state index contributed by atoms with van der Waals surface area (Å²) in [5, 5.41) is 0.380. The summed E-state index contributed by atoms with van der Waals surface area (Å²) in [6.45, 7) is 25.0. The minimum absolute atomic E-state index is 0.190. The van der Waals surface area contributed by atoms with Crippen molar-refractivity contribution >= 4 is 16.6 Å². The van der Waals surface area contributed by atoms with Crippen LogP contribution in [0.5, 0.6) is 11.5 Å². The van der Waals surface area contributed by atoms with Crippen LogP contribution in [0.3, 0.4) is 0 Å². The largest absolute Gasteiger partial charge is 0.543 e. The zero-order chi connectivity index (χ0) is 19.0. The van der Waals surface area contributed by atoms with E-state index in [9.17, 15) is 0 Å². The molecule has 0 fully saturated rings. The second kappa shape index (κ2) is 6.87. The maximum absolute atomic E-state index is 6.52. The maximum atomic E-state index is 6.52. The highest BCUT2D eigenvalue weighted by Crippen LogP contribution is 2.40. The lowest BCUT2D eigenvalue weighted by Crippen LogP contribution is -2.44. The van der Waals surface area contributed by atoms with Crippen molar-refractivity contribution in [3.63, 3.8) is 0 Å². The van der Waals surface area contributed by atoms with E-state index in [1.165, 1.54) is 5.56 Å². The zero-order valence-electron chi connectivity index (χ0n) is 17.8. The molecule has 0 saturated carbocycles. The molecule has 0 aliphatic carbocycles. The van der Waals surface area contributed by atoms with Crippen molar-refractivity contribution in [2.24, 2.45) is 0 Å². The van der Waals surface area contributed by atoms with Gasteiger partial charge in [0.15, 0.2) is 0 Å². The fraction of sp³-hybridized carbons (Fsp3) is 0.700. The summed E-state index contributed by atoms with van der Waals surface area (Å²) >= 11 is 0. The Kier molecular flexibility index (Phi) is 6.10. The molecule has 1 aromatic carbocycles. The van der Waals surface area contributed by atoms with E-state index in [4.69, 9.17) is 8.85 Å². The van der Waals surface area contributed by atoms with Gasteiger partial charge in [-0.2, -0.15) is 0 Å². The van der Waals surface area contributed by atoms with Crippen LogP contribution < -0.4 is 8.85 Å². The van der Waals surface area contributed by atoms with Crippen LogP contribution in [0.25, 0.3) is 0 Å². The summed E-state index contributed by atoms with van der Waals surface area (Å²) in [4.78, 5) is 0. The highest BCUT2D eigenvalue weighted by atomic mass is 28.4. The highest BCUT2D eigenvalue weighted by molar-refractivity contribution is 6.75. The molecule has 0 unspecified atom stereocenters. The van der Waals surface area contributed by atoms with Crippen molar-refractivity contribution in [1.82, 2.24) is 0 Å². The van der Waals surface area contributed by atoms with Crippen molar-refractivity contribution < 1.29 is 8.85 Å². The van der Waals surface area contributed by atoms with Crippen molar-refractivity contribution in [1.29, 1.82) is 0 Å². The molecule has 0 radical (unpaired) electrons. The van der Waals surface area contributed by atoms with Gasteiger partial charge in [-0.1, -0.05) is 48.5 Å². The molecule has 0 heterocycles. The Balaban J connectivity index is 3.18. The van der Waals surface area contributed by atoms with Crippen LogP contribution in [0.2, 0.25) is 36.3 Å². The third-order valence-corrected chi connectivity index (χ3v) is 14.4. The second-order valence-electron chi connectivity index (χ2n) is 9.89. The minimum atomic E-state index is -1.84. The molecule has 0 aromatic heterocycles. The standard InChI is InChI=1S/C20H38O2Si2/c1-12-16-13-17(21-23(8,9)19(2,3)4)15-18(14-16)22-24(10,11)20(5,6)7/h13-15H,12H2,1-11H3. The van der Waals surface area contributed by atoms with Gasteiger partial charge in [0.25, 0.3) is 0 Å². The molecular formula is C20H38O2Si2. The first-order chi connectivity index (χ1) is 10.6. The number of aryl methyl sites for hydroxylation is 1. The molecule has 1 rings (SSSR count). The third-order valence-electron chi connectivity index (χ3n) is 5.71. The van der Waals surface area contributed by atoms with Crippen molar-refractivity contribution in [2.75, 3.05) is 0 Å². The van der Waals surface area contributed by atoms with E-state index >= 15 is 0 Å². The quantitative estimate of drug-likeness (QED) is 0.521. The minimum Gasteiger partial charge on any atom is -0.543 e. The van der Waals surface area contributed by atoms with Crippen molar-refractivity contribution in [3.05, 3.63) is 23.8 Å². The molecule has 0 aliphatic rings. The van der Waals surface area contributed by atoms with Gasteiger partial charge in [-0.3, -0.25) is 0 Å². The molecule has 0 amide bonds. The van der Waals surface area contributed by atoms with Gasteiger partial charge in [-0.25, -0.2) is 0 Å². The number of hydrogen-bond donors (Lipinski definition) is 0. The maximum Gasteiger partial charge on any atom is 0.250 e. The molecule has 0 bridgehead atoms. The predicted molar refractivity (Wildman–Crippen MR) is 111 cm³/mol. The monoisotopic (exact) mass is 366 g/mol. The van der Waals surface area contributed by atoms with E-state index in [1.807, 2.05) is 0 Å². The Morgan fingerprint density at radius 1 is 0.708 bits per heavy atom. The number of benzene rings is 1. The van der Waals surface area contributed by atoms with Gasteiger partial charge < -0.3 is 8.85 Å². The van der Waals surface area contributed by atoms with E-state index in [-0.39, 0.29) is 10.1 Å². The predicted octanol–water partition coefficient (Wildman–Crippen LogP) is 7.02. The van der Waals surface area contributed by atoms with Crippen LogP contribution in [0.1, 0.15) is 54.0 Å². The summed E-state index contributed by atoms with van der Waals surface area (Å²) in [5.74, 6) is 1.93. The van der Waals surface area contributed by atoms with Crippen LogP contribution in [-0.4, -0.2) is 16.6 Å². The fourth-order valence-corrected chi connectivity index (χ4v) is 3.87. The fourth-order valence-electron chi connectivity index (χ4n) is 1.85.